The molecule has 2 rings (SSSR count). The maximum Gasteiger partial charge on any atom is 0.264 e. The Hall–Kier alpha value is -2.08. The first-order chi connectivity index (χ1) is 10.1. The van der Waals surface area contributed by atoms with Gasteiger partial charge in [0.25, 0.3) is 5.91 Å². The first kappa shape index (κ1) is 15.3. The van der Waals surface area contributed by atoms with Crippen molar-refractivity contribution in [3.8, 4) is 5.75 Å². The highest BCUT2D eigenvalue weighted by Gasteiger charge is 2.29. The summed E-state index contributed by atoms with van der Waals surface area (Å²) < 4.78 is 10.1. The molecule has 6 nitrogen and oxygen atoms in total. The number of carbonyl (C=O) groups excluding carboxylic acids is 1. The van der Waals surface area contributed by atoms with Gasteiger partial charge in [0.2, 0.25) is 6.10 Å². The van der Waals surface area contributed by atoms with Gasteiger partial charge in [-0.2, -0.15) is 0 Å². The monoisotopic (exact) mass is 292 g/mol. The van der Waals surface area contributed by atoms with Gasteiger partial charge in [-0.05, 0) is 36.8 Å². The summed E-state index contributed by atoms with van der Waals surface area (Å²) >= 11 is 0. The van der Waals surface area contributed by atoms with Crippen molar-refractivity contribution in [2.75, 3.05) is 20.8 Å². The number of carbonyl (C=O) groups is 1. The van der Waals surface area contributed by atoms with Gasteiger partial charge in [0.15, 0.2) is 0 Å². The number of hydrogen-bond donors (Lipinski definition) is 1. The average Bonchev–Trinajstić information content (AvgIpc) is 2.97. The number of rotatable bonds is 6. The summed E-state index contributed by atoms with van der Waals surface area (Å²) in [5, 5.41) is 6.83. The molecule has 1 aliphatic heterocycles. The zero-order chi connectivity index (χ0) is 15.2. The molecule has 0 unspecified atom stereocenters. The Labute approximate surface area is 124 Å². The predicted octanol–water partition coefficient (Wildman–Crippen LogP) is 1.34. The Morgan fingerprint density at radius 1 is 1.43 bits per heavy atom. The third-order valence-corrected chi connectivity index (χ3v) is 3.19. The topological polar surface area (TPSA) is 69.2 Å². The van der Waals surface area contributed by atoms with Crippen LogP contribution in [0.4, 0.5) is 0 Å². The third-order valence-electron chi connectivity index (χ3n) is 3.19. The highest BCUT2D eigenvalue weighted by molar-refractivity contribution is 6.04. The quantitative estimate of drug-likeness (QED) is 0.859. The number of nitrogens with one attached hydrogen (secondary N) is 1. The summed E-state index contributed by atoms with van der Waals surface area (Å²) in [4.78, 5) is 17.2. The Morgan fingerprint density at radius 2 is 2.14 bits per heavy atom. The average molecular weight is 292 g/mol. The van der Waals surface area contributed by atoms with E-state index in [1.807, 2.05) is 31.2 Å². The number of oxime groups is 1. The van der Waals surface area contributed by atoms with E-state index >= 15 is 0 Å². The van der Waals surface area contributed by atoms with E-state index in [1.54, 1.807) is 14.2 Å². The molecule has 1 aromatic carbocycles. The second kappa shape index (κ2) is 7.08. The molecule has 1 N–H and O–H groups in total. The number of nitrogens with zero attached hydrogens (tertiary/aromatic N) is 1. The number of amides is 1. The number of methoxy groups -OCH3 is 2. The fourth-order valence-electron chi connectivity index (χ4n) is 2.10. The van der Waals surface area contributed by atoms with Crippen molar-refractivity contribution in [1.29, 1.82) is 0 Å². The van der Waals surface area contributed by atoms with Crippen molar-refractivity contribution in [2.45, 2.75) is 25.5 Å². The molecular weight excluding hydrogens is 272 g/mol. The van der Waals surface area contributed by atoms with Crippen LogP contribution >= 0.6 is 0 Å². The van der Waals surface area contributed by atoms with Crippen LogP contribution in [0.5, 0.6) is 5.75 Å². The van der Waals surface area contributed by atoms with E-state index in [9.17, 15) is 4.79 Å². The SMILES string of the molecule is COC[C@H](C)NC(=O)[C@H]1CC(c2ccc(OC)cc2)=NO1. The summed E-state index contributed by atoms with van der Waals surface area (Å²) in [5.74, 6) is 0.604. The standard InChI is InChI=1S/C15H20N2O4/c1-10(9-19-2)16-15(18)14-8-13(17-21-14)11-4-6-12(20-3)7-5-11/h4-7,10,14H,8-9H2,1-3H3,(H,16,18)/t10-,14+/m0/s1. The number of ether oxygens (including phenoxy) is 2. The fourth-order valence-corrected chi connectivity index (χ4v) is 2.10. The van der Waals surface area contributed by atoms with Crippen LogP contribution in [-0.4, -0.2) is 44.6 Å². The Morgan fingerprint density at radius 3 is 2.76 bits per heavy atom. The van der Waals surface area contributed by atoms with Crippen LogP contribution in [0.3, 0.4) is 0 Å². The largest absolute Gasteiger partial charge is 0.497 e. The van der Waals surface area contributed by atoms with E-state index in [-0.39, 0.29) is 11.9 Å². The van der Waals surface area contributed by atoms with Crippen LogP contribution in [0.2, 0.25) is 0 Å². The van der Waals surface area contributed by atoms with Gasteiger partial charge in [-0.1, -0.05) is 5.16 Å². The lowest BCUT2D eigenvalue weighted by molar-refractivity contribution is -0.132. The molecule has 1 aliphatic rings. The summed E-state index contributed by atoms with van der Waals surface area (Å²) in [6, 6.07) is 7.44. The predicted molar refractivity (Wildman–Crippen MR) is 78.5 cm³/mol. The minimum Gasteiger partial charge on any atom is -0.497 e. The molecule has 0 aliphatic carbocycles. The van der Waals surface area contributed by atoms with Crippen LogP contribution in [0.15, 0.2) is 29.4 Å². The molecule has 0 bridgehead atoms. The molecule has 0 saturated heterocycles. The molecule has 0 saturated carbocycles. The van der Waals surface area contributed by atoms with Gasteiger partial charge in [0.05, 0.1) is 19.4 Å². The summed E-state index contributed by atoms with van der Waals surface area (Å²) in [7, 11) is 3.21. The van der Waals surface area contributed by atoms with E-state index in [1.165, 1.54) is 0 Å². The Balaban J connectivity index is 1.91. The minimum absolute atomic E-state index is 0.0591. The third kappa shape index (κ3) is 3.95. The maximum atomic E-state index is 12.0. The van der Waals surface area contributed by atoms with Gasteiger partial charge in [0.1, 0.15) is 5.75 Å². The first-order valence-electron chi connectivity index (χ1n) is 6.80. The van der Waals surface area contributed by atoms with Gasteiger partial charge in [-0.25, -0.2) is 0 Å². The molecule has 1 heterocycles. The van der Waals surface area contributed by atoms with Crippen molar-refractivity contribution >= 4 is 11.6 Å². The van der Waals surface area contributed by atoms with Crippen molar-refractivity contribution in [3.05, 3.63) is 29.8 Å². The summed E-state index contributed by atoms with van der Waals surface area (Å²) in [6.07, 6.45) is -0.126. The number of benzene rings is 1. The highest BCUT2D eigenvalue weighted by Crippen LogP contribution is 2.19. The molecule has 0 fully saturated rings. The lowest BCUT2D eigenvalue weighted by Gasteiger charge is -2.15. The van der Waals surface area contributed by atoms with Gasteiger partial charge < -0.3 is 19.6 Å². The number of hydrogen-bond acceptors (Lipinski definition) is 5. The molecule has 114 valence electrons. The smallest absolute Gasteiger partial charge is 0.264 e. The maximum absolute atomic E-state index is 12.0. The van der Waals surface area contributed by atoms with Crippen LogP contribution in [0.1, 0.15) is 18.9 Å². The van der Waals surface area contributed by atoms with Gasteiger partial charge in [0, 0.05) is 19.6 Å². The molecule has 0 radical (unpaired) electrons. The van der Waals surface area contributed by atoms with Crippen LogP contribution in [-0.2, 0) is 14.4 Å². The van der Waals surface area contributed by atoms with E-state index in [2.05, 4.69) is 10.5 Å². The highest BCUT2D eigenvalue weighted by atomic mass is 16.6. The molecule has 0 aromatic heterocycles. The molecule has 2 atom stereocenters. The summed E-state index contributed by atoms with van der Waals surface area (Å²) in [6.45, 7) is 2.34. The minimum atomic E-state index is -0.582. The molecule has 0 spiro atoms. The molecule has 6 heteroatoms. The molecule has 21 heavy (non-hydrogen) atoms. The fraction of sp³-hybridized carbons (Fsp3) is 0.467. The van der Waals surface area contributed by atoms with Gasteiger partial charge in [-0.3, -0.25) is 4.79 Å². The van der Waals surface area contributed by atoms with Crippen LogP contribution in [0, 0.1) is 0 Å². The first-order valence-corrected chi connectivity index (χ1v) is 6.80. The van der Waals surface area contributed by atoms with Crippen molar-refractivity contribution < 1.29 is 19.1 Å². The van der Waals surface area contributed by atoms with E-state index in [0.717, 1.165) is 17.0 Å². The normalized spacial score (nSPS) is 18.6. The lowest BCUT2D eigenvalue weighted by atomic mass is 10.0. The second-order valence-electron chi connectivity index (χ2n) is 4.93. The van der Waals surface area contributed by atoms with Crippen molar-refractivity contribution in [1.82, 2.24) is 5.32 Å². The van der Waals surface area contributed by atoms with Crippen LogP contribution in [0.25, 0.3) is 0 Å². The van der Waals surface area contributed by atoms with Gasteiger partial charge >= 0.3 is 0 Å². The second-order valence-corrected chi connectivity index (χ2v) is 4.93. The van der Waals surface area contributed by atoms with E-state index < -0.39 is 6.10 Å². The summed E-state index contributed by atoms with van der Waals surface area (Å²) in [5.41, 5.74) is 1.69. The Bertz CT molecular complexity index is 513. The van der Waals surface area contributed by atoms with E-state index in [4.69, 9.17) is 14.3 Å². The lowest BCUT2D eigenvalue weighted by Crippen LogP contribution is -2.42. The van der Waals surface area contributed by atoms with Crippen molar-refractivity contribution in [3.63, 3.8) is 0 Å². The molecule has 1 aromatic rings. The van der Waals surface area contributed by atoms with Gasteiger partial charge in [-0.15, -0.1) is 0 Å². The molecule has 1 amide bonds. The zero-order valence-electron chi connectivity index (χ0n) is 12.5. The zero-order valence-corrected chi connectivity index (χ0v) is 12.5. The molecular formula is C15H20N2O4. The van der Waals surface area contributed by atoms with E-state index in [0.29, 0.717) is 13.0 Å². The van der Waals surface area contributed by atoms with Crippen LogP contribution < -0.4 is 10.1 Å². The van der Waals surface area contributed by atoms with Crippen molar-refractivity contribution in [2.24, 2.45) is 5.16 Å². The Kier molecular flexibility index (Phi) is 5.16.